The maximum atomic E-state index is 2.86. The topological polar surface area (TPSA) is 15.3 Å². The second-order valence-corrected chi connectivity index (χ2v) is 1.60. The van der Waals surface area contributed by atoms with Gasteiger partial charge < -0.3 is 10.2 Å². The molecule has 1 rings (SSSR count). The number of hydrogen-bond donors (Lipinski definition) is 1. The Kier molecular flexibility index (Phi) is 0.929. The summed E-state index contributed by atoms with van der Waals surface area (Å²) in [5.74, 6) is 0. The molecule has 0 aliphatic carbocycles. The second-order valence-electron chi connectivity index (χ2n) is 1.60. The van der Waals surface area contributed by atoms with Gasteiger partial charge in [-0.1, -0.05) is 0 Å². The molecule has 0 spiro atoms. The van der Waals surface area contributed by atoms with E-state index >= 15 is 0 Å². The fraction of sp³-hybridized carbons (Fsp3) is 0.400. The lowest BCUT2D eigenvalue weighted by Crippen LogP contribution is -2.10. The Labute approximate surface area is 43.8 Å². The van der Waals surface area contributed by atoms with Crippen LogP contribution in [0.1, 0.15) is 6.92 Å². The first-order valence-corrected chi connectivity index (χ1v) is 2.22. The van der Waals surface area contributed by atoms with Gasteiger partial charge in [0.2, 0.25) is 6.67 Å². The number of nitrogens with zero attached hydrogens (tertiary/aromatic N) is 1. The SMILES string of the molecule is CC1=CN[C]N1C. The summed E-state index contributed by atoms with van der Waals surface area (Å²) in [6.45, 7) is 4.88. The van der Waals surface area contributed by atoms with Gasteiger partial charge in [-0.15, -0.1) is 0 Å². The lowest BCUT2D eigenvalue weighted by Gasteiger charge is -2.06. The monoisotopic (exact) mass is 96.1 g/mol. The maximum absolute atomic E-state index is 2.86. The van der Waals surface area contributed by atoms with Gasteiger partial charge in [0.1, 0.15) is 0 Å². The summed E-state index contributed by atoms with van der Waals surface area (Å²) in [6.07, 6.45) is 1.90. The molecule has 0 unspecified atom stereocenters. The van der Waals surface area contributed by atoms with Crippen molar-refractivity contribution in [3.8, 4) is 0 Å². The van der Waals surface area contributed by atoms with Crippen LogP contribution in [-0.4, -0.2) is 11.9 Å². The number of rotatable bonds is 0. The molecule has 1 N–H and O–H groups in total. The number of nitrogens with one attached hydrogen (secondary N) is 1. The molecule has 1 aliphatic rings. The van der Waals surface area contributed by atoms with E-state index in [1.54, 1.807) is 0 Å². The summed E-state index contributed by atoms with van der Waals surface area (Å²) in [7, 11) is 1.95. The Balaban J connectivity index is 2.54. The Morgan fingerprint density at radius 2 is 2.57 bits per heavy atom. The zero-order chi connectivity index (χ0) is 5.28. The van der Waals surface area contributed by atoms with Crippen LogP contribution in [0.5, 0.6) is 0 Å². The Morgan fingerprint density at radius 3 is 2.71 bits per heavy atom. The molecule has 1 heterocycles. The van der Waals surface area contributed by atoms with Crippen molar-refractivity contribution in [3.05, 3.63) is 18.6 Å². The molecule has 0 saturated carbocycles. The van der Waals surface area contributed by atoms with E-state index in [1.165, 1.54) is 5.70 Å². The molecule has 2 nitrogen and oxygen atoms in total. The highest BCUT2D eigenvalue weighted by Gasteiger charge is 2.03. The van der Waals surface area contributed by atoms with Crippen LogP contribution in [0, 0.1) is 6.67 Å². The third-order valence-corrected chi connectivity index (χ3v) is 1.04. The highest BCUT2D eigenvalue weighted by Crippen LogP contribution is 2.04. The number of allylic oxidation sites excluding steroid dienone is 1. The van der Waals surface area contributed by atoms with E-state index in [1.807, 2.05) is 25.1 Å². The standard InChI is InChI=1S/C5H8N2/c1-5-3-6-4-7(5)2/h3,6H,1-2H3. The van der Waals surface area contributed by atoms with E-state index in [0.29, 0.717) is 0 Å². The van der Waals surface area contributed by atoms with Crippen molar-refractivity contribution in [2.24, 2.45) is 0 Å². The Hall–Kier alpha value is -0.660. The summed E-state index contributed by atoms with van der Waals surface area (Å²) in [4.78, 5) is 1.90. The van der Waals surface area contributed by atoms with Crippen molar-refractivity contribution in [3.63, 3.8) is 0 Å². The van der Waals surface area contributed by atoms with Gasteiger partial charge in [0, 0.05) is 18.9 Å². The highest BCUT2D eigenvalue weighted by atomic mass is 15.2. The van der Waals surface area contributed by atoms with E-state index in [2.05, 4.69) is 12.0 Å². The summed E-state index contributed by atoms with van der Waals surface area (Å²) in [5.41, 5.74) is 1.19. The van der Waals surface area contributed by atoms with Crippen LogP contribution in [0.25, 0.3) is 0 Å². The van der Waals surface area contributed by atoms with Crippen LogP contribution >= 0.6 is 0 Å². The molecule has 0 aromatic rings. The van der Waals surface area contributed by atoms with Crippen molar-refractivity contribution in [1.29, 1.82) is 0 Å². The molecule has 0 fully saturated rings. The average molecular weight is 96.1 g/mol. The van der Waals surface area contributed by atoms with Crippen LogP contribution in [0.4, 0.5) is 0 Å². The predicted molar refractivity (Wildman–Crippen MR) is 27.9 cm³/mol. The molecule has 0 amide bonds. The third kappa shape index (κ3) is 0.683. The Bertz CT molecular complexity index is 96.3. The van der Waals surface area contributed by atoms with Crippen molar-refractivity contribution in [1.82, 2.24) is 10.2 Å². The molecule has 0 bridgehead atoms. The predicted octanol–water partition coefficient (Wildman–Crippen LogP) is 0.379. The van der Waals surface area contributed by atoms with Crippen molar-refractivity contribution in [2.75, 3.05) is 7.05 Å². The van der Waals surface area contributed by atoms with Gasteiger partial charge in [0.05, 0.1) is 0 Å². The smallest absolute Gasteiger partial charge is 0.204 e. The molecule has 0 aromatic carbocycles. The summed E-state index contributed by atoms with van der Waals surface area (Å²) in [6, 6.07) is 0. The molecule has 2 radical (unpaired) electrons. The van der Waals surface area contributed by atoms with Crippen molar-refractivity contribution in [2.45, 2.75) is 6.92 Å². The first kappa shape index (κ1) is 4.50. The molecule has 0 saturated heterocycles. The van der Waals surface area contributed by atoms with Gasteiger partial charge >= 0.3 is 0 Å². The van der Waals surface area contributed by atoms with Gasteiger partial charge in [0.15, 0.2) is 0 Å². The van der Waals surface area contributed by atoms with E-state index < -0.39 is 0 Å². The van der Waals surface area contributed by atoms with Gasteiger partial charge in [0.25, 0.3) is 0 Å². The summed E-state index contributed by atoms with van der Waals surface area (Å²) >= 11 is 0. The van der Waals surface area contributed by atoms with Crippen molar-refractivity contribution >= 4 is 0 Å². The lowest BCUT2D eigenvalue weighted by atomic mass is 10.5. The normalized spacial score (nSPS) is 19.1. The average Bonchev–Trinajstić information content (AvgIpc) is 1.91. The molecule has 0 aromatic heterocycles. The lowest BCUT2D eigenvalue weighted by molar-refractivity contribution is 0.519. The van der Waals surface area contributed by atoms with E-state index in [-0.39, 0.29) is 0 Å². The fourth-order valence-corrected chi connectivity index (χ4v) is 0.419. The third-order valence-electron chi connectivity index (χ3n) is 1.04. The molecule has 38 valence electrons. The molecular weight excluding hydrogens is 88.1 g/mol. The zero-order valence-corrected chi connectivity index (χ0v) is 4.52. The summed E-state index contributed by atoms with van der Waals surface area (Å²) in [5, 5.41) is 2.84. The zero-order valence-electron chi connectivity index (χ0n) is 4.52. The van der Waals surface area contributed by atoms with Crippen LogP contribution in [0.2, 0.25) is 0 Å². The van der Waals surface area contributed by atoms with E-state index in [0.717, 1.165) is 0 Å². The van der Waals surface area contributed by atoms with Gasteiger partial charge in [-0.3, -0.25) is 0 Å². The van der Waals surface area contributed by atoms with Crippen molar-refractivity contribution < 1.29 is 0 Å². The fourth-order valence-electron chi connectivity index (χ4n) is 0.419. The largest absolute Gasteiger partial charge is 0.360 e. The minimum Gasteiger partial charge on any atom is -0.360 e. The van der Waals surface area contributed by atoms with Crippen LogP contribution in [0.3, 0.4) is 0 Å². The first-order chi connectivity index (χ1) is 3.30. The van der Waals surface area contributed by atoms with Gasteiger partial charge in [-0.25, -0.2) is 0 Å². The molecular formula is C5H8N2. The second kappa shape index (κ2) is 1.45. The molecule has 0 atom stereocenters. The van der Waals surface area contributed by atoms with Crippen LogP contribution in [-0.2, 0) is 0 Å². The quantitative estimate of drug-likeness (QED) is 0.469. The van der Waals surface area contributed by atoms with Crippen LogP contribution in [0.15, 0.2) is 11.9 Å². The van der Waals surface area contributed by atoms with Gasteiger partial charge in [-0.05, 0) is 6.92 Å². The molecule has 7 heavy (non-hydrogen) atoms. The van der Waals surface area contributed by atoms with Gasteiger partial charge in [-0.2, -0.15) is 0 Å². The molecule has 1 aliphatic heterocycles. The minimum atomic E-state index is 1.19. The highest BCUT2D eigenvalue weighted by molar-refractivity contribution is 5.04. The first-order valence-electron chi connectivity index (χ1n) is 2.22. The Morgan fingerprint density at radius 1 is 1.86 bits per heavy atom. The minimum absolute atomic E-state index is 1.19. The molecule has 2 heteroatoms. The summed E-state index contributed by atoms with van der Waals surface area (Å²) < 4.78 is 0. The van der Waals surface area contributed by atoms with E-state index in [4.69, 9.17) is 0 Å². The van der Waals surface area contributed by atoms with Crippen LogP contribution < -0.4 is 5.32 Å². The maximum Gasteiger partial charge on any atom is 0.204 e. The number of hydrogen-bond acceptors (Lipinski definition) is 2. The van der Waals surface area contributed by atoms with E-state index in [9.17, 15) is 0 Å².